The Morgan fingerprint density at radius 2 is 2.04 bits per heavy atom. The highest BCUT2D eigenvalue weighted by Gasteiger charge is 2.32. The Morgan fingerprint density at radius 3 is 2.76 bits per heavy atom. The van der Waals surface area contributed by atoms with E-state index in [9.17, 15) is 5.11 Å². The number of aliphatic hydroxyl groups is 1. The summed E-state index contributed by atoms with van der Waals surface area (Å²) in [6.07, 6.45) is 8.79. The van der Waals surface area contributed by atoms with Crippen LogP contribution in [0.1, 0.15) is 63.8 Å². The summed E-state index contributed by atoms with van der Waals surface area (Å²) in [4.78, 5) is 5.25. The zero-order valence-corrected chi connectivity index (χ0v) is 16.1. The van der Waals surface area contributed by atoms with Crippen LogP contribution in [0.5, 0.6) is 0 Å². The van der Waals surface area contributed by atoms with Crippen molar-refractivity contribution in [1.82, 2.24) is 20.0 Å². The molecule has 2 heterocycles. The molecular weight excluding hydrogens is 312 g/mol. The number of hydrogen-bond acceptors (Lipinski definition) is 4. The van der Waals surface area contributed by atoms with Gasteiger partial charge in [-0.2, -0.15) is 5.10 Å². The molecule has 142 valence electrons. The summed E-state index contributed by atoms with van der Waals surface area (Å²) in [7, 11) is 0. The third kappa shape index (κ3) is 5.28. The molecule has 0 amide bonds. The molecule has 0 aromatic carbocycles. The Kier molecular flexibility index (Phi) is 6.91. The minimum Gasteiger partial charge on any atom is -0.396 e. The van der Waals surface area contributed by atoms with Crippen molar-refractivity contribution in [3.8, 4) is 0 Å². The maximum atomic E-state index is 9.54. The lowest BCUT2D eigenvalue weighted by Crippen LogP contribution is -2.56. The van der Waals surface area contributed by atoms with Gasteiger partial charge in [0, 0.05) is 50.6 Å². The van der Waals surface area contributed by atoms with Gasteiger partial charge in [0.1, 0.15) is 0 Å². The van der Waals surface area contributed by atoms with Gasteiger partial charge in [0.2, 0.25) is 0 Å². The molecular formula is C20H36N4O. The molecule has 1 aromatic rings. The second-order valence-electron chi connectivity index (χ2n) is 8.41. The van der Waals surface area contributed by atoms with Crippen LogP contribution < -0.4 is 0 Å². The lowest BCUT2D eigenvalue weighted by Gasteiger charge is -2.46. The molecule has 1 aliphatic carbocycles. The van der Waals surface area contributed by atoms with Crippen LogP contribution in [0.25, 0.3) is 0 Å². The molecule has 3 rings (SSSR count). The van der Waals surface area contributed by atoms with Crippen LogP contribution in [-0.4, -0.2) is 63.4 Å². The van der Waals surface area contributed by atoms with Crippen molar-refractivity contribution in [3.63, 3.8) is 0 Å². The molecule has 5 nitrogen and oxygen atoms in total. The highest BCUT2D eigenvalue weighted by atomic mass is 16.3. The highest BCUT2D eigenvalue weighted by molar-refractivity contribution is 5.09. The average Bonchev–Trinajstić information content (AvgIpc) is 3.02. The summed E-state index contributed by atoms with van der Waals surface area (Å²) in [5.41, 5.74) is 2.40. The van der Waals surface area contributed by atoms with Crippen LogP contribution in [-0.2, 0) is 13.0 Å². The Morgan fingerprint density at radius 1 is 1.24 bits per heavy atom. The molecule has 0 unspecified atom stereocenters. The topological polar surface area (TPSA) is 55.4 Å². The molecule has 0 radical (unpaired) electrons. The Hall–Kier alpha value is -0.910. The minimum atomic E-state index is 0.296. The van der Waals surface area contributed by atoms with E-state index < -0.39 is 0 Å². The zero-order chi connectivity index (χ0) is 17.6. The quantitative estimate of drug-likeness (QED) is 0.795. The van der Waals surface area contributed by atoms with Gasteiger partial charge in [-0.25, -0.2) is 0 Å². The summed E-state index contributed by atoms with van der Waals surface area (Å²) in [5, 5.41) is 17.2. The fourth-order valence-corrected chi connectivity index (χ4v) is 4.63. The number of H-pyrrole nitrogens is 1. The van der Waals surface area contributed by atoms with Gasteiger partial charge in [0.15, 0.2) is 0 Å². The van der Waals surface area contributed by atoms with Crippen LogP contribution in [0, 0.1) is 5.92 Å². The van der Waals surface area contributed by atoms with Crippen molar-refractivity contribution in [3.05, 3.63) is 17.5 Å². The lowest BCUT2D eigenvalue weighted by molar-refractivity contribution is 0.0133. The Balaban J connectivity index is 1.56. The molecule has 2 N–H and O–H groups in total. The van der Waals surface area contributed by atoms with Crippen LogP contribution in [0.3, 0.4) is 0 Å². The number of piperazine rings is 1. The molecule has 1 aromatic heterocycles. The van der Waals surface area contributed by atoms with Crippen molar-refractivity contribution in [1.29, 1.82) is 0 Å². The van der Waals surface area contributed by atoms with Gasteiger partial charge in [0.25, 0.3) is 0 Å². The van der Waals surface area contributed by atoms with Gasteiger partial charge in [-0.05, 0) is 37.7 Å². The minimum absolute atomic E-state index is 0.296. The number of rotatable bonds is 7. The number of hydrogen-bond donors (Lipinski definition) is 2. The molecule has 1 saturated heterocycles. The van der Waals surface area contributed by atoms with Gasteiger partial charge in [-0.15, -0.1) is 0 Å². The van der Waals surface area contributed by atoms with E-state index in [0.717, 1.165) is 45.1 Å². The van der Waals surface area contributed by atoms with Crippen LogP contribution in [0.2, 0.25) is 0 Å². The fourth-order valence-electron chi connectivity index (χ4n) is 4.63. The molecule has 0 spiro atoms. The zero-order valence-electron chi connectivity index (χ0n) is 16.1. The first-order chi connectivity index (χ1) is 12.2. The first-order valence-corrected chi connectivity index (χ1v) is 10.3. The Labute approximate surface area is 152 Å². The van der Waals surface area contributed by atoms with Crippen LogP contribution >= 0.6 is 0 Å². The molecule has 5 heteroatoms. The average molecular weight is 349 g/mol. The van der Waals surface area contributed by atoms with E-state index in [4.69, 9.17) is 0 Å². The second kappa shape index (κ2) is 9.15. The number of aromatic amines is 1. The van der Waals surface area contributed by atoms with E-state index in [-0.39, 0.29) is 0 Å². The van der Waals surface area contributed by atoms with Gasteiger partial charge >= 0.3 is 0 Å². The Bertz CT molecular complexity index is 510. The van der Waals surface area contributed by atoms with E-state index in [0.29, 0.717) is 18.6 Å². The normalized spacial score (nSPS) is 24.2. The van der Waals surface area contributed by atoms with Gasteiger partial charge in [-0.1, -0.05) is 33.1 Å². The third-order valence-electron chi connectivity index (χ3n) is 5.81. The fraction of sp³-hybridized carbons (Fsp3) is 0.850. The van der Waals surface area contributed by atoms with Crippen molar-refractivity contribution in [2.24, 2.45) is 5.92 Å². The molecule has 2 fully saturated rings. The van der Waals surface area contributed by atoms with E-state index in [2.05, 4.69) is 39.9 Å². The third-order valence-corrected chi connectivity index (χ3v) is 5.81. The van der Waals surface area contributed by atoms with E-state index in [1.165, 1.54) is 43.5 Å². The summed E-state index contributed by atoms with van der Waals surface area (Å²) < 4.78 is 0. The standard InChI is InChI=1S/C20H36N4O/c1-16(2)12-17-13-18(22-21-17)14-23-9-10-24(20(15-23)8-11-25)19-6-4-3-5-7-19/h13,16,19-20,25H,3-12,14-15H2,1-2H3,(H,21,22)/t20-/m1/s1. The van der Waals surface area contributed by atoms with Crippen LogP contribution in [0.15, 0.2) is 6.07 Å². The molecule has 2 aliphatic rings. The SMILES string of the molecule is CC(C)Cc1cc(CN2CCN(C3CCCCC3)[C@H](CCO)C2)[nH]n1. The van der Waals surface area contributed by atoms with Crippen molar-refractivity contribution >= 4 is 0 Å². The largest absolute Gasteiger partial charge is 0.396 e. The monoisotopic (exact) mass is 348 g/mol. The second-order valence-corrected chi connectivity index (χ2v) is 8.41. The smallest absolute Gasteiger partial charge is 0.0628 e. The van der Waals surface area contributed by atoms with Gasteiger partial charge < -0.3 is 5.11 Å². The molecule has 1 aliphatic heterocycles. The molecule has 25 heavy (non-hydrogen) atoms. The maximum Gasteiger partial charge on any atom is 0.0628 e. The van der Waals surface area contributed by atoms with E-state index in [1.54, 1.807) is 0 Å². The maximum absolute atomic E-state index is 9.54. The number of aromatic nitrogens is 2. The van der Waals surface area contributed by atoms with E-state index >= 15 is 0 Å². The van der Waals surface area contributed by atoms with Crippen LogP contribution in [0.4, 0.5) is 0 Å². The molecule has 0 bridgehead atoms. The number of nitrogens with zero attached hydrogens (tertiary/aromatic N) is 3. The van der Waals surface area contributed by atoms with Gasteiger partial charge in [0.05, 0.1) is 5.69 Å². The lowest BCUT2D eigenvalue weighted by atomic mass is 9.92. The first kappa shape index (κ1) is 18.9. The predicted octanol–water partition coefficient (Wildman–Crippen LogP) is 2.81. The molecule has 1 saturated carbocycles. The molecule has 1 atom stereocenters. The predicted molar refractivity (Wildman–Crippen MR) is 101 cm³/mol. The van der Waals surface area contributed by atoms with Gasteiger partial charge in [-0.3, -0.25) is 14.9 Å². The van der Waals surface area contributed by atoms with Crippen molar-refractivity contribution < 1.29 is 5.11 Å². The summed E-state index contributed by atoms with van der Waals surface area (Å²) >= 11 is 0. The summed E-state index contributed by atoms with van der Waals surface area (Å²) in [6.45, 7) is 9.04. The van der Waals surface area contributed by atoms with E-state index in [1.807, 2.05) is 0 Å². The number of aliphatic hydroxyl groups excluding tert-OH is 1. The number of nitrogens with one attached hydrogen (secondary N) is 1. The summed E-state index contributed by atoms with van der Waals surface area (Å²) in [6, 6.07) is 3.48. The summed E-state index contributed by atoms with van der Waals surface area (Å²) in [5.74, 6) is 0.643. The van der Waals surface area contributed by atoms with Crippen molar-refractivity contribution in [2.75, 3.05) is 26.2 Å². The highest BCUT2D eigenvalue weighted by Crippen LogP contribution is 2.27. The van der Waals surface area contributed by atoms with Crippen molar-refractivity contribution in [2.45, 2.75) is 77.4 Å². The first-order valence-electron chi connectivity index (χ1n) is 10.3.